The predicted molar refractivity (Wildman–Crippen MR) is 117 cm³/mol. The van der Waals surface area contributed by atoms with Crippen molar-refractivity contribution in [2.45, 2.75) is 50.5 Å². The van der Waals surface area contributed by atoms with Crippen molar-refractivity contribution in [3.63, 3.8) is 0 Å². The summed E-state index contributed by atoms with van der Waals surface area (Å²) in [4.78, 5) is 25.0. The Labute approximate surface area is 189 Å². The zero-order valence-corrected chi connectivity index (χ0v) is 18.2. The van der Waals surface area contributed by atoms with E-state index >= 15 is 0 Å². The van der Waals surface area contributed by atoms with E-state index < -0.39 is 11.5 Å². The van der Waals surface area contributed by atoms with Crippen molar-refractivity contribution in [2.75, 3.05) is 12.1 Å². The van der Waals surface area contributed by atoms with Gasteiger partial charge >= 0.3 is 5.97 Å². The van der Waals surface area contributed by atoms with Crippen LogP contribution in [0.2, 0.25) is 5.02 Å². The van der Waals surface area contributed by atoms with Gasteiger partial charge in [-0.25, -0.2) is 4.68 Å². The summed E-state index contributed by atoms with van der Waals surface area (Å²) in [6.45, 7) is 0.185. The quantitative estimate of drug-likeness (QED) is 0.695. The van der Waals surface area contributed by atoms with E-state index in [0.717, 1.165) is 32.1 Å². The summed E-state index contributed by atoms with van der Waals surface area (Å²) in [5.74, 6) is 1.42. The number of anilines is 2. The number of carboxylic acid groups (broad SMARTS) is 1. The van der Waals surface area contributed by atoms with Crippen LogP contribution in [0, 0.1) is 17.3 Å². The number of carbonyl (C=O) groups is 1. The molecule has 4 fully saturated rings. The number of aromatic nitrogens is 2. The summed E-state index contributed by atoms with van der Waals surface area (Å²) >= 11 is 6.54. The van der Waals surface area contributed by atoms with Crippen molar-refractivity contribution in [3.05, 3.63) is 39.8 Å². The molecule has 4 saturated carbocycles. The molecule has 2 aromatic rings. The Morgan fingerprint density at radius 3 is 2.72 bits per heavy atom. The number of hydrogen-bond donors (Lipinski definition) is 2. The largest absolute Gasteiger partial charge is 0.481 e. The van der Waals surface area contributed by atoms with Crippen molar-refractivity contribution in [1.82, 2.24) is 9.78 Å². The Kier molecular flexibility index (Phi) is 4.28. The van der Waals surface area contributed by atoms with E-state index in [4.69, 9.17) is 21.1 Å². The SMILES string of the molecule is O=C(O)CC12CC3CC(C1)CC(n1ncc(Nc4ccc5c(c4)OCO5)c(Cl)c1=O)(C3)C2. The van der Waals surface area contributed by atoms with Crippen molar-refractivity contribution >= 4 is 28.9 Å². The first-order chi connectivity index (χ1) is 15.3. The number of fused-ring (bicyclic) bond motifs is 1. The summed E-state index contributed by atoms with van der Waals surface area (Å²) in [5.41, 5.74) is 0.122. The molecule has 1 aromatic heterocycles. The van der Waals surface area contributed by atoms with Crippen LogP contribution in [0.4, 0.5) is 11.4 Å². The summed E-state index contributed by atoms with van der Waals surface area (Å²) in [6, 6.07) is 5.41. The Balaban J connectivity index is 1.33. The van der Waals surface area contributed by atoms with Gasteiger partial charge in [0.1, 0.15) is 5.02 Å². The van der Waals surface area contributed by atoms with Crippen molar-refractivity contribution in [1.29, 1.82) is 0 Å². The lowest BCUT2D eigenvalue weighted by atomic mass is 9.46. The first-order valence-corrected chi connectivity index (χ1v) is 11.4. The molecule has 9 heteroatoms. The van der Waals surface area contributed by atoms with Crippen LogP contribution < -0.4 is 20.3 Å². The second-order valence-electron chi connectivity index (χ2n) is 10.0. The first-order valence-electron chi connectivity index (χ1n) is 11.0. The summed E-state index contributed by atoms with van der Waals surface area (Å²) in [6.07, 6.45) is 7.15. The highest BCUT2D eigenvalue weighted by Gasteiger charge is 2.59. The Morgan fingerprint density at radius 2 is 1.97 bits per heavy atom. The van der Waals surface area contributed by atoms with E-state index in [2.05, 4.69) is 10.4 Å². The smallest absolute Gasteiger partial charge is 0.303 e. The van der Waals surface area contributed by atoms with Crippen LogP contribution >= 0.6 is 11.6 Å². The Hall–Kier alpha value is -2.74. The van der Waals surface area contributed by atoms with E-state index in [1.807, 2.05) is 6.07 Å². The summed E-state index contributed by atoms with van der Waals surface area (Å²) in [5, 5.41) is 17.3. The number of hydrogen-bond acceptors (Lipinski definition) is 6. The molecule has 4 bridgehead atoms. The normalized spacial score (nSPS) is 31.7. The fraction of sp³-hybridized carbons (Fsp3) is 0.522. The summed E-state index contributed by atoms with van der Waals surface area (Å²) in [7, 11) is 0. The first kappa shape index (κ1) is 19.9. The minimum atomic E-state index is -0.760. The van der Waals surface area contributed by atoms with Crippen LogP contribution in [0.3, 0.4) is 0 Å². The third kappa shape index (κ3) is 3.07. The van der Waals surface area contributed by atoms with Crippen molar-refractivity contribution in [3.8, 4) is 11.5 Å². The van der Waals surface area contributed by atoms with Gasteiger partial charge in [0.25, 0.3) is 5.56 Å². The van der Waals surface area contributed by atoms with Gasteiger partial charge in [-0.2, -0.15) is 5.10 Å². The molecule has 0 saturated heterocycles. The van der Waals surface area contributed by atoms with Gasteiger partial charge in [-0.05, 0) is 67.9 Å². The molecule has 5 aliphatic rings. The molecule has 168 valence electrons. The molecule has 1 aromatic carbocycles. The fourth-order valence-electron chi connectivity index (χ4n) is 7.16. The highest BCUT2D eigenvalue weighted by Crippen LogP contribution is 2.65. The predicted octanol–water partition coefficient (Wildman–Crippen LogP) is 4.14. The molecule has 0 amide bonds. The number of aliphatic carboxylic acids is 1. The zero-order chi connectivity index (χ0) is 22.1. The van der Waals surface area contributed by atoms with Gasteiger partial charge in [0.05, 0.1) is 23.8 Å². The third-order valence-corrected chi connectivity index (χ3v) is 8.06. The van der Waals surface area contributed by atoms with Crippen molar-refractivity contribution in [2.24, 2.45) is 17.3 Å². The molecule has 7 rings (SSSR count). The third-order valence-electron chi connectivity index (χ3n) is 7.70. The van der Waals surface area contributed by atoms with Gasteiger partial charge in [0.15, 0.2) is 11.5 Å². The molecule has 2 heterocycles. The lowest BCUT2D eigenvalue weighted by Gasteiger charge is -2.61. The van der Waals surface area contributed by atoms with Crippen molar-refractivity contribution < 1.29 is 19.4 Å². The molecular weight excluding hydrogens is 434 g/mol. The number of carboxylic acids is 1. The van der Waals surface area contributed by atoms with Gasteiger partial charge in [0.2, 0.25) is 6.79 Å². The minimum absolute atomic E-state index is 0.0840. The van der Waals surface area contributed by atoms with E-state index in [1.54, 1.807) is 23.0 Å². The molecule has 2 atom stereocenters. The molecule has 8 nitrogen and oxygen atoms in total. The lowest BCUT2D eigenvalue weighted by Crippen LogP contribution is -2.59. The van der Waals surface area contributed by atoms with Gasteiger partial charge < -0.3 is 19.9 Å². The van der Waals surface area contributed by atoms with E-state index in [-0.39, 0.29) is 29.2 Å². The topological polar surface area (TPSA) is 103 Å². The van der Waals surface area contributed by atoms with Crippen LogP contribution in [-0.2, 0) is 10.3 Å². The molecule has 0 spiro atoms. The number of nitrogens with one attached hydrogen (secondary N) is 1. The minimum Gasteiger partial charge on any atom is -0.481 e. The lowest BCUT2D eigenvalue weighted by molar-refractivity contribution is -0.151. The van der Waals surface area contributed by atoms with Crippen LogP contribution in [0.15, 0.2) is 29.2 Å². The molecule has 2 unspecified atom stereocenters. The summed E-state index contributed by atoms with van der Waals surface area (Å²) < 4.78 is 12.3. The highest BCUT2D eigenvalue weighted by molar-refractivity contribution is 6.33. The van der Waals surface area contributed by atoms with E-state index in [0.29, 0.717) is 41.1 Å². The van der Waals surface area contributed by atoms with E-state index in [1.165, 1.54) is 0 Å². The molecule has 0 radical (unpaired) electrons. The average molecular weight is 458 g/mol. The second kappa shape index (κ2) is 6.88. The van der Waals surface area contributed by atoms with Gasteiger partial charge in [-0.15, -0.1) is 0 Å². The molecule has 2 N–H and O–H groups in total. The maximum atomic E-state index is 13.4. The zero-order valence-electron chi connectivity index (χ0n) is 17.5. The van der Waals surface area contributed by atoms with Crippen LogP contribution in [0.1, 0.15) is 44.9 Å². The van der Waals surface area contributed by atoms with Crippen LogP contribution in [-0.4, -0.2) is 27.6 Å². The maximum Gasteiger partial charge on any atom is 0.303 e. The molecular formula is C23H24ClN3O5. The maximum absolute atomic E-state index is 13.4. The average Bonchev–Trinajstić information content (AvgIpc) is 3.17. The monoisotopic (exact) mass is 457 g/mol. The number of ether oxygens (including phenoxy) is 2. The van der Waals surface area contributed by atoms with Gasteiger partial charge in [0, 0.05) is 11.8 Å². The standard InChI is InChI=1S/C23H24ClN3O5/c24-20-16(26-15-1-2-17-18(4-15)32-12-31-17)10-25-27(21(20)30)23-7-13-3-14(8-23)6-22(5-13,11-23)9-19(28)29/h1-2,4,10,13-14,26H,3,5-9,11-12H2,(H,28,29). The highest BCUT2D eigenvalue weighted by atomic mass is 35.5. The molecule has 1 aliphatic heterocycles. The van der Waals surface area contributed by atoms with Crippen LogP contribution in [0.5, 0.6) is 11.5 Å². The molecule has 32 heavy (non-hydrogen) atoms. The Morgan fingerprint density at radius 1 is 1.22 bits per heavy atom. The van der Waals surface area contributed by atoms with E-state index in [9.17, 15) is 14.7 Å². The number of halogens is 1. The van der Waals surface area contributed by atoms with Crippen LogP contribution in [0.25, 0.3) is 0 Å². The number of benzene rings is 1. The Bertz CT molecular complexity index is 1160. The van der Waals surface area contributed by atoms with Gasteiger partial charge in [-0.3, -0.25) is 9.59 Å². The van der Waals surface area contributed by atoms with Gasteiger partial charge in [-0.1, -0.05) is 11.6 Å². The second-order valence-corrected chi connectivity index (χ2v) is 10.4. The fourth-order valence-corrected chi connectivity index (χ4v) is 7.34. The number of rotatable bonds is 5. The number of nitrogens with zero attached hydrogens (tertiary/aromatic N) is 2. The molecule has 4 aliphatic carbocycles.